The zero-order chi connectivity index (χ0) is 16.9. The Morgan fingerprint density at radius 1 is 1.18 bits per heavy atom. The Morgan fingerprint density at radius 3 is 2.27 bits per heavy atom. The monoisotopic (exact) mass is 328 g/mol. The van der Waals surface area contributed by atoms with E-state index in [0.717, 1.165) is 6.42 Å². The summed E-state index contributed by atoms with van der Waals surface area (Å²) in [6.45, 7) is 7.54. The number of benzene rings is 1. The minimum absolute atomic E-state index is 0.0418. The van der Waals surface area contributed by atoms with Crippen LogP contribution in [0.2, 0.25) is 0 Å². The Labute approximate surface area is 132 Å². The van der Waals surface area contributed by atoms with E-state index in [4.69, 9.17) is 0 Å². The third-order valence-corrected chi connectivity index (χ3v) is 5.10. The minimum Gasteiger partial charge on any atom is -0.478 e. The van der Waals surface area contributed by atoms with Crippen molar-refractivity contribution in [2.45, 2.75) is 57.5 Å². The summed E-state index contributed by atoms with van der Waals surface area (Å²) < 4.78 is 27.0. The van der Waals surface area contributed by atoms with Crippen molar-refractivity contribution < 1.29 is 18.3 Å². The third kappa shape index (κ3) is 4.71. The van der Waals surface area contributed by atoms with E-state index in [-0.39, 0.29) is 22.5 Å². The first kappa shape index (κ1) is 18.4. The molecule has 0 saturated carbocycles. The van der Waals surface area contributed by atoms with E-state index in [0.29, 0.717) is 12.1 Å². The standard InChI is InChI=1S/C15H24N2O4S/c1-5-10(3)16-14-8-7-12(9-13(14)15(18)19)22(20,21)17-11(4)6-2/h7-11,16-17H,5-6H2,1-4H3,(H,18,19)/t10-,11-/m0/s1. The fourth-order valence-corrected chi connectivity index (χ4v) is 3.13. The molecule has 0 bridgehead atoms. The first-order chi connectivity index (χ1) is 10.2. The van der Waals surface area contributed by atoms with Crippen molar-refractivity contribution in [3.8, 4) is 0 Å². The van der Waals surface area contributed by atoms with E-state index in [1.165, 1.54) is 18.2 Å². The molecule has 0 heterocycles. The van der Waals surface area contributed by atoms with Crippen molar-refractivity contribution >= 4 is 21.7 Å². The Kier molecular flexibility index (Phi) is 6.37. The quantitative estimate of drug-likeness (QED) is 0.682. The van der Waals surface area contributed by atoms with Crippen molar-refractivity contribution in [3.05, 3.63) is 23.8 Å². The van der Waals surface area contributed by atoms with E-state index in [1.807, 2.05) is 20.8 Å². The normalized spacial score (nSPS) is 14.4. The van der Waals surface area contributed by atoms with E-state index in [1.54, 1.807) is 6.92 Å². The molecule has 1 aromatic carbocycles. The Hall–Kier alpha value is -1.60. The number of carboxylic acids is 1. The van der Waals surface area contributed by atoms with Crippen LogP contribution in [0.25, 0.3) is 0 Å². The van der Waals surface area contributed by atoms with Crippen LogP contribution in [-0.4, -0.2) is 31.6 Å². The Balaban J connectivity index is 3.20. The van der Waals surface area contributed by atoms with Crippen LogP contribution < -0.4 is 10.0 Å². The van der Waals surface area contributed by atoms with Crippen LogP contribution >= 0.6 is 0 Å². The molecule has 6 nitrogen and oxygen atoms in total. The van der Waals surface area contributed by atoms with Crippen LogP contribution in [-0.2, 0) is 10.0 Å². The van der Waals surface area contributed by atoms with Gasteiger partial charge in [-0.2, -0.15) is 0 Å². The van der Waals surface area contributed by atoms with Gasteiger partial charge in [0.25, 0.3) is 0 Å². The molecule has 0 spiro atoms. The fourth-order valence-electron chi connectivity index (χ4n) is 1.78. The van der Waals surface area contributed by atoms with E-state index in [9.17, 15) is 18.3 Å². The maximum Gasteiger partial charge on any atom is 0.337 e. The molecule has 22 heavy (non-hydrogen) atoms. The van der Waals surface area contributed by atoms with Gasteiger partial charge in [0, 0.05) is 17.8 Å². The van der Waals surface area contributed by atoms with E-state index in [2.05, 4.69) is 10.0 Å². The summed E-state index contributed by atoms with van der Waals surface area (Å²) in [5, 5.41) is 12.4. The van der Waals surface area contributed by atoms with Gasteiger partial charge in [-0.25, -0.2) is 17.9 Å². The fraction of sp³-hybridized carbons (Fsp3) is 0.533. The molecule has 0 unspecified atom stereocenters. The van der Waals surface area contributed by atoms with Crippen molar-refractivity contribution in [3.63, 3.8) is 0 Å². The second kappa shape index (κ2) is 7.60. The molecule has 0 aliphatic rings. The summed E-state index contributed by atoms with van der Waals surface area (Å²) in [4.78, 5) is 11.4. The number of hydrogen-bond acceptors (Lipinski definition) is 4. The number of anilines is 1. The summed E-state index contributed by atoms with van der Waals surface area (Å²) in [6.07, 6.45) is 1.48. The summed E-state index contributed by atoms with van der Waals surface area (Å²) in [7, 11) is -3.72. The number of aromatic carboxylic acids is 1. The third-order valence-electron chi connectivity index (χ3n) is 3.51. The van der Waals surface area contributed by atoms with Crippen molar-refractivity contribution in [1.29, 1.82) is 0 Å². The van der Waals surface area contributed by atoms with Gasteiger partial charge < -0.3 is 10.4 Å². The Morgan fingerprint density at radius 2 is 1.77 bits per heavy atom. The molecule has 0 saturated heterocycles. The predicted octanol–water partition coefficient (Wildman–Crippen LogP) is 2.67. The lowest BCUT2D eigenvalue weighted by Gasteiger charge is -2.17. The lowest BCUT2D eigenvalue weighted by atomic mass is 10.1. The molecule has 124 valence electrons. The van der Waals surface area contributed by atoms with Gasteiger partial charge in [0.2, 0.25) is 10.0 Å². The molecular weight excluding hydrogens is 304 g/mol. The van der Waals surface area contributed by atoms with Gasteiger partial charge in [-0.3, -0.25) is 0 Å². The van der Waals surface area contributed by atoms with Crippen LogP contribution in [0, 0.1) is 0 Å². The molecule has 1 aromatic rings. The molecule has 0 radical (unpaired) electrons. The highest BCUT2D eigenvalue weighted by molar-refractivity contribution is 7.89. The van der Waals surface area contributed by atoms with Crippen molar-refractivity contribution in [2.24, 2.45) is 0 Å². The van der Waals surface area contributed by atoms with Crippen LogP contribution in [0.4, 0.5) is 5.69 Å². The number of carbonyl (C=O) groups is 1. The molecular formula is C15H24N2O4S. The van der Waals surface area contributed by atoms with Crippen LogP contribution in [0.15, 0.2) is 23.1 Å². The molecule has 0 fully saturated rings. The molecule has 0 amide bonds. The van der Waals surface area contributed by atoms with Crippen LogP contribution in [0.3, 0.4) is 0 Å². The van der Waals surface area contributed by atoms with Crippen LogP contribution in [0.1, 0.15) is 50.9 Å². The number of carboxylic acid groups (broad SMARTS) is 1. The SMILES string of the molecule is CC[C@H](C)Nc1ccc(S(=O)(=O)N[C@@H](C)CC)cc1C(=O)O. The zero-order valence-corrected chi connectivity index (χ0v) is 14.2. The van der Waals surface area contributed by atoms with Gasteiger partial charge in [0.15, 0.2) is 0 Å². The maximum absolute atomic E-state index is 12.2. The molecule has 7 heteroatoms. The summed E-state index contributed by atoms with van der Waals surface area (Å²) in [5.41, 5.74) is 0.372. The maximum atomic E-state index is 12.2. The topological polar surface area (TPSA) is 95.5 Å². The highest BCUT2D eigenvalue weighted by Crippen LogP contribution is 2.22. The highest BCUT2D eigenvalue weighted by atomic mass is 32.2. The van der Waals surface area contributed by atoms with E-state index < -0.39 is 16.0 Å². The van der Waals surface area contributed by atoms with Crippen molar-refractivity contribution in [2.75, 3.05) is 5.32 Å². The highest BCUT2D eigenvalue weighted by Gasteiger charge is 2.20. The van der Waals surface area contributed by atoms with Gasteiger partial charge in [-0.05, 0) is 44.9 Å². The first-order valence-electron chi connectivity index (χ1n) is 7.37. The predicted molar refractivity (Wildman–Crippen MR) is 86.9 cm³/mol. The average molecular weight is 328 g/mol. The average Bonchev–Trinajstić information content (AvgIpc) is 2.46. The summed E-state index contributed by atoms with van der Waals surface area (Å²) in [5.74, 6) is -1.16. The van der Waals surface area contributed by atoms with Gasteiger partial charge in [-0.1, -0.05) is 13.8 Å². The first-order valence-corrected chi connectivity index (χ1v) is 8.85. The van der Waals surface area contributed by atoms with E-state index >= 15 is 0 Å². The molecule has 1 rings (SSSR count). The smallest absolute Gasteiger partial charge is 0.337 e. The van der Waals surface area contributed by atoms with Gasteiger partial charge in [0.05, 0.1) is 10.5 Å². The van der Waals surface area contributed by atoms with Gasteiger partial charge in [0.1, 0.15) is 0 Å². The van der Waals surface area contributed by atoms with Gasteiger partial charge >= 0.3 is 5.97 Å². The number of nitrogens with one attached hydrogen (secondary N) is 2. The zero-order valence-electron chi connectivity index (χ0n) is 13.4. The second-order valence-electron chi connectivity index (χ2n) is 5.40. The Bertz CT molecular complexity index is 628. The summed E-state index contributed by atoms with van der Waals surface area (Å²) >= 11 is 0. The lowest BCUT2D eigenvalue weighted by molar-refractivity contribution is 0.0697. The summed E-state index contributed by atoms with van der Waals surface area (Å²) in [6, 6.07) is 4.00. The number of hydrogen-bond donors (Lipinski definition) is 3. The number of rotatable bonds is 8. The van der Waals surface area contributed by atoms with Crippen molar-refractivity contribution in [1.82, 2.24) is 4.72 Å². The molecule has 0 aliphatic heterocycles. The molecule has 0 aliphatic carbocycles. The molecule has 0 aromatic heterocycles. The second-order valence-corrected chi connectivity index (χ2v) is 7.11. The lowest BCUT2D eigenvalue weighted by Crippen LogP contribution is -2.32. The van der Waals surface area contributed by atoms with Crippen LogP contribution in [0.5, 0.6) is 0 Å². The largest absolute Gasteiger partial charge is 0.478 e. The molecule has 2 atom stereocenters. The molecule has 3 N–H and O–H groups in total. The van der Waals surface area contributed by atoms with Gasteiger partial charge in [-0.15, -0.1) is 0 Å². The number of sulfonamides is 1. The minimum atomic E-state index is -3.72.